The van der Waals surface area contributed by atoms with Crippen molar-refractivity contribution in [2.45, 2.75) is 32.4 Å². The number of carbonyl (C=O) groups excluding carboxylic acids is 1. The third kappa shape index (κ3) is 8.42. The predicted octanol–water partition coefficient (Wildman–Crippen LogP) is 2.05. The minimum atomic E-state index is -0.195. The molecule has 1 aliphatic heterocycles. The average molecular weight is 491 g/mol. The topological polar surface area (TPSA) is 60.0 Å². The minimum absolute atomic E-state index is 0. The Hall–Kier alpha value is -1.42. The van der Waals surface area contributed by atoms with Crippen LogP contribution in [0.2, 0.25) is 0 Å². The summed E-state index contributed by atoms with van der Waals surface area (Å²) in [5.41, 5.74) is 1.13. The van der Waals surface area contributed by atoms with Crippen LogP contribution in [0.1, 0.15) is 25.3 Å². The molecule has 0 atom stereocenters. The largest absolute Gasteiger partial charge is 0.357 e. The number of benzene rings is 1. The van der Waals surface area contributed by atoms with Crippen molar-refractivity contribution in [3.63, 3.8) is 0 Å². The highest BCUT2D eigenvalue weighted by molar-refractivity contribution is 14.0. The molecule has 1 aliphatic rings. The standard InChI is InChI=1S/C19H30FN5O.HI/c1-4-21-19(22-13-18(26)24(2)3)23-17-9-11-25(12-10-17)14-15-5-7-16(20)8-6-15;/h5-8,17H,4,9-14H2,1-3H3,(H2,21,22,23);1H. The van der Waals surface area contributed by atoms with Crippen molar-refractivity contribution in [1.29, 1.82) is 0 Å². The van der Waals surface area contributed by atoms with Crippen LogP contribution in [0.15, 0.2) is 29.3 Å². The smallest absolute Gasteiger partial charge is 0.243 e. The number of piperidine rings is 1. The fourth-order valence-corrected chi connectivity index (χ4v) is 2.88. The lowest BCUT2D eigenvalue weighted by molar-refractivity contribution is -0.127. The summed E-state index contributed by atoms with van der Waals surface area (Å²) < 4.78 is 13.0. The SMILES string of the molecule is CCNC(=NCC(=O)N(C)C)NC1CCN(Cc2ccc(F)cc2)CC1.I. The summed E-state index contributed by atoms with van der Waals surface area (Å²) in [5, 5.41) is 6.63. The van der Waals surface area contributed by atoms with E-state index in [0.29, 0.717) is 12.0 Å². The van der Waals surface area contributed by atoms with E-state index in [-0.39, 0.29) is 42.2 Å². The van der Waals surface area contributed by atoms with Gasteiger partial charge in [-0.25, -0.2) is 9.38 Å². The van der Waals surface area contributed by atoms with Gasteiger partial charge in [0.05, 0.1) is 0 Å². The van der Waals surface area contributed by atoms with Crippen molar-refractivity contribution < 1.29 is 9.18 Å². The number of aliphatic imine (C=N–C) groups is 1. The van der Waals surface area contributed by atoms with Gasteiger partial charge in [-0.3, -0.25) is 9.69 Å². The maximum Gasteiger partial charge on any atom is 0.243 e. The van der Waals surface area contributed by atoms with E-state index in [1.54, 1.807) is 19.0 Å². The molecule has 1 aromatic rings. The number of rotatable bonds is 6. The molecule has 1 amide bonds. The number of likely N-dealkylation sites (tertiary alicyclic amines) is 1. The molecular formula is C19H31FIN5O. The zero-order valence-electron chi connectivity index (χ0n) is 16.4. The molecule has 0 bridgehead atoms. The average Bonchev–Trinajstić information content (AvgIpc) is 2.63. The van der Waals surface area contributed by atoms with E-state index >= 15 is 0 Å². The lowest BCUT2D eigenvalue weighted by atomic mass is 10.0. The van der Waals surface area contributed by atoms with Gasteiger partial charge >= 0.3 is 0 Å². The number of hydrogen-bond acceptors (Lipinski definition) is 3. The maximum atomic E-state index is 13.0. The van der Waals surface area contributed by atoms with E-state index in [1.165, 1.54) is 12.1 Å². The lowest BCUT2D eigenvalue weighted by Crippen LogP contribution is -2.48. The first kappa shape index (κ1) is 23.6. The van der Waals surface area contributed by atoms with Gasteiger partial charge in [0.25, 0.3) is 0 Å². The van der Waals surface area contributed by atoms with Crippen LogP contribution >= 0.6 is 24.0 Å². The molecule has 0 aromatic heterocycles. The monoisotopic (exact) mass is 491 g/mol. The summed E-state index contributed by atoms with van der Waals surface area (Å²) in [5.74, 6) is 0.482. The summed E-state index contributed by atoms with van der Waals surface area (Å²) in [7, 11) is 3.46. The Morgan fingerprint density at radius 3 is 2.44 bits per heavy atom. The molecule has 1 aromatic carbocycles. The third-order valence-electron chi connectivity index (χ3n) is 4.46. The second-order valence-electron chi connectivity index (χ2n) is 6.80. The van der Waals surface area contributed by atoms with Crippen molar-refractivity contribution in [3.05, 3.63) is 35.6 Å². The normalized spacial score (nSPS) is 15.8. The van der Waals surface area contributed by atoms with Crippen LogP contribution in [0.4, 0.5) is 4.39 Å². The van der Waals surface area contributed by atoms with Crippen molar-refractivity contribution in [3.8, 4) is 0 Å². The molecule has 0 unspecified atom stereocenters. The Balaban J connectivity index is 0.00000364. The molecule has 1 heterocycles. The molecule has 6 nitrogen and oxygen atoms in total. The van der Waals surface area contributed by atoms with Crippen molar-refractivity contribution >= 4 is 35.8 Å². The number of guanidine groups is 1. The fraction of sp³-hybridized carbons (Fsp3) is 0.579. The first-order chi connectivity index (χ1) is 12.5. The molecular weight excluding hydrogens is 460 g/mol. The van der Waals surface area contributed by atoms with E-state index in [9.17, 15) is 9.18 Å². The van der Waals surface area contributed by atoms with Gasteiger partial charge in [-0.1, -0.05) is 12.1 Å². The first-order valence-corrected chi connectivity index (χ1v) is 9.19. The van der Waals surface area contributed by atoms with E-state index in [1.807, 2.05) is 19.1 Å². The minimum Gasteiger partial charge on any atom is -0.357 e. The molecule has 0 saturated carbocycles. The number of hydrogen-bond donors (Lipinski definition) is 2. The highest BCUT2D eigenvalue weighted by Crippen LogP contribution is 2.14. The number of nitrogens with one attached hydrogen (secondary N) is 2. The first-order valence-electron chi connectivity index (χ1n) is 9.19. The Labute approximate surface area is 178 Å². The number of amides is 1. The van der Waals surface area contributed by atoms with Crippen LogP contribution in [0, 0.1) is 5.82 Å². The van der Waals surface area contributed by atoms with Gasteiger partial charge in [0.15, 0.2) is 5.96 Å². The van der Waals surface area contributed by atoms with E-state index in [4.69, 9.17) is 0 Å². The van der Waals surface area contributed by atoms with Gasteiger partial charge in [0.2, 0.25) is 5.91 Å². The Morgan fingerprint density at radius 1 is 1.26 bits per heavy atom. The quantitative estimate of drug-likeness (QED) is 0.364. The number of nitrogens with zero attached hydrogens (tertiary/aromatic N) is 3. The zero-order valence-corrected chi connectivity index (χ0v) is 18.7. The highest BCUT2D eigenvalue weighted by atomic mass is 127. The van der Waals surface area contributed by atoms with Crippen LogP contribution in [0.3, 0.4) is 0 Å². The van der Waals surface area contributed by atoms with Crippen LogP contribution in [0.5, 0.6) is 0 Å². The molecule has 2 rings (SSSR count). The highest BCUT2D eigenvalue weighted by Gasteiger charge is 2.20. The maximum absolute atomic E-state index is 13.0. The van der Waals surface area contributed by atoms with Crippen molar-refractivity contribution in [1.82, 2.24) is 20.4 Å². The molecule has 0 radical (unpaired) electrons. The van der Waals surface area contributed by atoms with Gasteiger partial charge < -0.3 is 15.5 Å². The predicted molar refractivity (Wildman–Crippen MR) is 118 cm³/mol. The molecule has 1 saturated heterocycles. The van der Waals surface area contributed by atoms with Gasteiger partial charge in [-0.15, -0.1) is 24.0 Å². The molecule has 8 heteroatoms. The van der Waals surface area contributed by atoms with Crippen LogP contribution < -0.4 is 10.6 Å². The number of carbonyl (C=O) groups is 1. The summed E-state index contributed by atoms with van der Waals surface area (Å²) in [6, 6.07) is 7.05. The van der Waals surface area contributed by atoms with Gasteiger partial charge in [0.1, 0.15) is 12.4 Å². The van der Waals surface area contributed by atoms with E-state index in [0.717, 1.165) is 44.6 Å². The third-order valence-corrected chi connectivity index (χ3v) is 4.46. The summed E-state index contributed by atoms with van der Waals surface area (Å²) in [6.07, 6.45) is 2.01. The Kier molecular flexibility index (Phi) is 10.6. The fourth-order valence-electron chi connectivity index (χ4n) is 2.88. The van der Waals surface area contributed by atoms with Gasteiger partial charge in [0, 0.05) is 46.3 Å². The second kappa shape index (κ2) is 12.1. The molecule has 27 heavy (non-hydrogen) atoms. The van der Waals surface area contributed by atoms with Gasteiger partial charge in [-0.2, -0.15) is 0 Å². The van der Waals surface area contributed by atoms with E-state index in [2.05, 4.69) is 20.5 Å². The lowest BCUT2D eigenvalue weighted by Gasteiger charge is -2.33. The summed E-state index contributed by atoms with van der Waals surface area (Å²) in [6.45, 7) is 5.71. The molecule has 152 valence electrons. The second-order valence-corrected chi connectivity index (χ2v) is 6.80. The van der Waals surface area contributed by atoms with Crippen molar-refractivity contribution in [2.75, 3.05) is 40.3 Å². The van der Waals surface area contributed by atoms with Gasteiger partial charge in [-0.05, 0) is 37.5 Å². The molecule has 0 spiro atoms. The number of halogens is 2. The molecule has 1 fully saturated rings. The Morgan fingerprint density at radius 2 is 1.89 bits per heavy atom. The van der Waals surface area contributed by atoms with Crippen LogP contribution in [0.25, 0.3) is 0 Å². The Bertz CT molecular complexity index is 601. The van der Waals surface area contributed by atoms with E-state index < -0.39 is 0 Å². The summed E-state index contributed by atoms with van der Waals surface area (Å²) >= 11 is 0. The zero-order chi connectivity index (χ0) is 18.9. The number of likely N-dealkylation sites (N-methyl/N-ethyl adjacent to an activating group) is 1. The molecule has 2 N–H and O–H groups in total. The summed E-state index contributed by atoms with van der Waals surface area (Å²) in [4.78, 5) is 20.0. The van der Waals surface area contributed by atoms with Crippen LogP contribution in [-0.2, 0) is 11.3 Å². The molecule has 0 aliphatic carbocycles. The van der Waals surface area contributed by atoms with Crippen molar-refractivity contribution in [2.24, 2.45) is 4.99 Å². The van der Waals surface area contributed by atoms with Crippen LogP contribution in [-0.4, -0.2) is 68.0 Å².